The first-order valence-electron chi connectivity index (χ1n) is 8.35. The molecular weight excluding hydrogens is 328 g/mol. The van der Waals surface area contributed by atoms with Crippen LogP contribution in [0.1, 0.15) is 46.1 Å². The molecule has 8 nitrogen and oxygen atoms in total. The fourth-order valence-electron chi connectivity index (χ4n) is 3.48. The molecule has 1 saturated carbocycles. The van der Waals surface area contributed by atoms with E-state index in [9.17, 15) is 0 Å². The average molecular weight is 350 g/mol. The number of nitrogens with zero attached hydrogens (tertiary/aromatic N) is 5. The molecule has 130 valence electrons. The molecule has 3 heterocycles. The normalized spacial score (nSPS) is 28.5. The maximum atomic E-state index is 6.09. The molecule has 0 aromatic carbocycles. The summed E-state index contributed by atoms with van der Waals surface area (Å²) in [5.41, 5.74) is 7.29. The van der Waals surface area contributed by atoms with Gasteiger partial charge in [-0.1, -0.05) is 23.9 Å². The highest BCUT2D eigenvalue weighted by molar-refractivity contribution is 7.99. The van der Waals surface area contributed by atoms with Crippen molar-refractivity contribution in [2.45, 2.75) is 69.2 Å². The van der Waals surface area contributed by atoms with Crippen molar-refractivity contribution in [1.29, 1.82) is 0 Å². The Morgan fingerprint density at radius 1 is 1.29 bits per heavy atom. The molecule has 2 N–H and O–H groups in total. The lowest BCUT2D eigenvalue weighted by Crippen LogP contribution is -2.28. The Labute approximate surface area is 144 Å². The van der Waals surface area contributed by atoms with Crippen LogP contribution in [0.2, 0.25) is 0 Å². The molecule has 2 fully saturated rings. The molecule has 24 heavy (non-hydrogen) atoms. The first-order valence-corrected chi connectivity index (χ1v) is 9.34. The van der Waals surface area contributed by atoms with Crippen LogP contribution in [0, 0.1) is 0 Å². The minimum Gasteiger partial charge on any atom is -0.382 e. The number of rotatable bonds is 4. The molecule has 2 aromatic heterocycles. The van der Waals surface area contributed by atoms with Crippen LogP contribution in [0.5, 0.6) is 0 Å². The van der Waals surface area contributed by atoms with Crippen LogP contribution in [0.15, 0.2) is 5.16 Å². The predicted octanol–water partition coefficient (Wildman–Crippen LogP) is 2.16. The van der Waals surface area contributed by atoms with Crippen LogP contribution >= 0.6 is 11.8 Å². The van der Waals surface area contributed by atoms with Gasteiger partial charge in [0.25, 0.3) is 0 Å². The molecule has 0 bridgehead atoms. The highest BCUT2D eigenvalue weighted by Crippen LogP contribution is 2.44. The first-order chi connectivity index (χ1) is 11.5. The average Bonchev–Trinajstić information content (AvgIpc) is 3.17. The van der Waals surface area contributed by atoms with Gasteiger partial charge in [0, 0.05) is 5.75 Å². The lowest BCUT2D eigenvalue weighted by molar-refractivity contribution is -0.155. The predicted molar refractivity (Wildman–Crippen MR) is 90.6 cm³/mol. The molecule has 0 spiro atoms. The Morgan fingerprint density at radius 2 is 2.12 bits per heavy atom. The van der Waals surface area contributed by atoms with Crippen molar-refractivity contribution in [3.63, 3.8) is 0 Å². The van der Waals surface area contributed by atoms with Crippen molar-refractivity contribution in [2.24, 2.45) is 0 Å². The topological polar surface area (TPSA) is 101 Å². The van der Waals surface area contributed by atoms with Gasteiger partial charge in [-0.15, -0.1) is 5.10 Å². The summed E-state index contributed by atoms with van der Waals surface area (Å²) in [5.74, 6) is 0.773. The third-order valence-corrected chi connectivity index (χ3v) is 5.48. The number of ether oxygens (including phenoxy) is 2. The molecule has 1 unspecified atom stereocenters. The SMILES string of the molecule is CCCSc1nc(N)c2nnn([C@@H]3CC[C@H]4OC(C)(C)OC34)c2n1. The molecule has 1 saturated heterocycles. The Balaban J connectivity index is 1.70. The number of nitrogens with two attached hydrogens (primary N) is 1. The zero-order chi connectivity index (χ0) is 16.9. The van der Waals surface area contributed by atoms with Gasteiger partial charge in [0.15, 0.2) is 27.9 Å². The third-order valence-electron chi connectivity index (χ3n) is 4.43. The molecule has 3 atom stereocenters. The largest absolute Gasteiger partial charge is 0.382 e. The highest BCUT2D eigenvalue weighted by atomic mass is 32.2. The first kappa shape index (κ1) is 16.0. The van der Waals surface area contributed by atoms with E-state index >= 15 is 0 Å². The van der Waals surface area contributed by atoms with Crippen molar-refractivity contribution >= 4 is 28.7 Å². The molecule has 0 amide bonds. The van der Waals surface area contributed by atoms with Gasteiger partial charge in [-0.05, 0) is 33.1 Å². The molecule has 0 radical (unpaired) electrons. The van der Waals surface area contributed by atoms with Gasteiger partial charge < -0.3 is 15.2 Å². The fraction of sp³-hybridized carbons (Fsp3) is 0.733. The minimum atomic E-state index is -0.555. The summed E-state index contributed by atoms with van der Waals surface area (Å²) in [5, 5.41) is 9.17. The lowest BCUT2D eigenvalue weighted by Gasteiger charge is -2.21. The van der Waals surface area contributed by atoms with Crippen LogP contribution in [-0.2, 0) is 9.47 Å². The number of nitrogen functional groups attached to an aromatic ring is 1. The van der Waals surface area contributed by atoms with E-state index in [0.717, 1.165) is 25.0 Å². The summed E-state index contributed by atoms with van der Waals surface area (Å²) >= 11 is 1.60. The third kappa shape index (κ3) is 2.64. The Morgan fingerprint density at radius 3 is 2.92 bits per heavy atom. The summed E-state index contributed by atoms with van der Waals surface area (Å²) in [6.45, 7) is 6.02. The smallest absolute Gasteiger partial charge is 0.191 e. The van der Waals surface area contributed by atoms with Crippen LogP contribution in [0.25, 0.3) is 11.2 Å². The van der Waals surface area contributed by atoms with Crippen molar-refractivity contribution in [2.75, 3.05) is 11.5 Å². The van der Waals surface area contributed by atoms with Crippen molar-refractivity contribution in [1.82, 2.24) is 25.0 Å². The molecule has 2 aliphatic rings. The Bertz CT molecular complexity index is 764. The zero-order valence-corrected chi connectivity index (χ0v) is 14.9. The standard InChI is InChI=1S/C15H22N6O2S/c1-4-7-24-14-17-12(16)10-13(18-14)21(20-19-10)8-5-6-9-11(8)23-15(2,3)22-9/h8-9,11H,4-7H2,1-3H3,(H2,16,17,18)/t8-,9-,11?/m1/s1. The lowest BCUT2D eigenvalue weighted by atomic mass is 10.2. The van der Waals surface area contributed by atoms with Crippen LogP contribution in [0.3, 0.4) is 0 Å². The van der Waals surface area contributed by atoms with E-state index in [0.29, 0.717) is 22.1 Å². The number of fused-ring (bicyclic) bond motifs is 2. The highest BCUT2D eigenvalue weighted by Gasteiger charge is 2.50. The number of aromatic nitrogens is 5. The van der Waals surface area contributed by atoms with E-state index in [4.69, 9.17) is 15.2 Å². The molecule has 2 aromatic rings. The molecule has 4 rings (SSSR count). The summed E-state index contributed by atoms with van der Waals surface area (Å²) in [4.78, 5) is 8.97. The van der Waals surface area contributed by atoms with Gasteiger partial charge in [0.05, 0.1) is 12.1 Å². The summed E-state index contributed by atoms with van der Waals surface area (Å²) in [6, 6.07) is 0.0556. The molecule has 1 aliphatic heterocycles. The maximum absolute atomic E-state index is 6.09. The zero-order valence-electron chi connectivity index (χ0n) is 14.1. The van der Waals surface area contributed by atoms with E-state index in [1.54, 1.807) is 11.8 Å². The summed E-state index contributed by atoms with van der Waals surface area (Å²) in [6.07, 6.45) is 2.98. The second kappa shape index (κ2) is 5.82. The van der Waals surface area contributed by atoms with E-state index in [1.807, 2.05) is 18.5 Å². The van der Waals surface area contributed by atoms with Gasteiger partial charge in [-0.2, -0.15) is 0 Å². The van der Waals surface area contributed by atoms with Crippen molar-refractivity contribution in [3.05, 3.63) is 0 Å². The maximum Gasteiger partial charge on any atom is 0.191 e. The van der Waals surface area contributed by atoms with Gasteiger partial charge in [0.2, 0.25) is 0 Å². The molecular formula is C15H22N6O2S. The fourth-order valence-corrected chi connectivity index (χ4v) is 4.19. The van der Waals surface area contributed by atoms with Crippen LogP contribution < -0.4 is 5.73 Å². The minimum absolute atomic E-state index is 0.0344. The monoisotopic (exact) mass is 350 g/mol. The van der Waals surface area contributed by atoms with E-state index in [1.165, 1.54) is 0 Å². The van der Waals surface area contributed by atoms with Crippen molar-refractivity contribution in [3.8, 4) is 0 Å². The molecule has 1 aliphatic carbocycles. The number of anilines is 1. The summed E-state index contributed by atoms with van der Waals surface area (Å²) in [7, 11) is 0. The number of thioether (sulfide) groups is 1. The van der Waals surface area contributed by atoms with Crippen molar-refractivity contribution < 1.29 is 9.47 Å². The number of hydrogen-bond donors (Lipinski definition) is 1. The van der Waals surface area contributed by atoms with Gasteiger partial charge in [0.1, 0.15) is 6.10 Å². The quantitative estimate of drug-likeness (QED) is 0.661. The molecule has 9 heteroatoms. The van der Waals surface area contributed by atoms with Gasteiger partial charge >= 0.3 is 0 Å². The second-order valence-corrected chi connectivity index (χ2v) is 7.79. The Kier molecular flexibility index (Phi) is 3.89. The van der Waals surface area contributed by atoms with Gasteiger partial charge in [-0.25, -0.2) is 14.6 Å². The van der Waals surface area contributed by atoms with E-state index in [2.05, 4.69) is 27.2 Å². The van der Waals surface area contributed by atoms with E-state index < -0.39 is 5.79 Å². The number of hydrogen-bond acceptors (Lipinski definition) is 8. The van der Waals surface area contributed by atoms with Gasteiger partial charge in [-0.3, -0.25) is 0 Å². The van der Waals surface area contributed by atoms with Crippen LogP contribution in [-0.4, -0.2) is 48.7 Å². The summed E-state index contributed by atoms with van der Waals surface area (Å²) < 4.78 is 13.9. The Hall–Kier alpha value is -1.45. The van der Waals surface area contributed by atoms with E-state index in [-0.39, 0.29) is 18.2 Å². The second-order valence-electron chi connectivity index (χ2n) is 6.73. The van der Waals surface area contributed by atoms with Crippen LogP contribution in [0.4, 0.5) is 5.82 Å².